The van der Waals surface area contributed by atoms with Crippen molar-refractivity contribution in [1.29, 1.82) is 0 Å². The summed E-state index contributed by atoms with van der Waals surface area (Å²) >= 11 is 0. The van der Waals surface area contributed by atoms with E-state index in [1.165, 1.54) is 12.1 Å². The summed E-state index contributed by atoms with van der Waals surface area (Å²) in [7, 11) is -0.751. The number of carbonyl (C=O) groups excluding carboxylic acids is 2. The van der Waals surface area contributed by atoms with Gasteiger partial charge in [-0.2, -0.15) is 5.10 Å². The van der Waals surface area contributed by atoms with Crippen LogP contribution < -0.4 is 21.4 Å². The second kappa shape index (κ2) is 11.6. The summed E-state index contributed by atoms with van der Waals surface area (Å²) in [4.78, 5) is 38.1. The van der Waals surface area contributed by atoms with Crippen LogP contribution >= 0.6 is 0 Å². The SMILES string of the molecule is COCc1ccc(C(NC(=O)Cn2nc(C)ccc2=O)C(=O)Nc2cc(F)c([Si](C)(C)C)c(F)c2)cc1. The van der Waals surface area contributed by atoms with Gasteiger partial charge in [0.1, 0.15) is 24.2 Å². The highest BCUT2D eigenvalue weighted by Gasteiger charge is 2.28. The predicted octanol–water partition coefficient (Wildman–Crippen LogP) is 3.02. The van der Waals surface area contributed by atoms with Gasteiger partial charge in [-0.15, -0.1) is 0 Å². The van der Waals surface area contributed by atoms with Gasteiger partial charge >= 0.3 is 0 Å². The number of aromatic nitrogens is 2. The molecule has 0 saturated heterocycles. The van der Waals surface area contributed by atoms with Crippen molar-refractivity contribution in [3.05, 3.63) is 87.3 Å². The molecule has 2 amide bonds. The Labute approximate surface area is 214 Å². The van der Waals surface area contributed by atoms with Crippen molar-refractivity contribution in [3.63, 3.8) is 0 Å². The van der Waals surface area contributed by atoms with Crippen LogP contribution in [0, 0.1) is 18.6 Å². The molecular weight excluding hydrogens is 498 g/mol. The zero-order chi connectivity index (χ0) is 27.3. The van der Waals surface area contributed by atoms with E-state index >= 15 is 0 Å². The van der Waals surface area contributed by atoms with Crippen molar-refractivity contribution in [2.75, 3.05) is 12.4 Å². The van der Waals surface area contributed by atoms with Crippen molar-refractivity contribution in [2.24, 2.45) is 0 Å². The van der Waals surface area contributed by atoms with Gasteiger partial charge in [0, 0.05) is 24.1 Å². The van der Waals surface area contributed by atoms with Crippen LogP contribution in [0.15, 0.2) is 53.3 Å². The van der Waals surface area contributed by atoms with Crippen LogP contribution in [0.1, 0.15) is 22.9 Å². The van der Waals surface area contributed by atoms with Gasteiger partial charge in [-0.25, -0.2) is 13.5 Å². The minimum Gasteiger partial charge on any atom is -0.380 e. The van der Waals surface area contributed by atoms with E-state index < -0.39 is 49.7 Å². The molecule has 0 aliphatic heterocycles. The summed E-state index contributed by atoms with van der Waals surface area (Å²) in [6.45, 7) is 7.07. The molecule has 2 aromatic carbocycles. The highest BCUT2D eigenvalue weighted by atomic mass is 28.3. The maximum Gasteiger partial charge on any atom is 0.267 e. The largest absolute Gasteiger partial charge is 0.380 e. The molecule has 1 aromatic heterocycles. The Kier molecular flexibility index (Phi) is 8.71. The normalized spacial score (nSPS) is 12.2. The number of methoxy groups -OCH3 is 1. The molecule has 0 spiro atoms. The molecule has 0 saturated carbocycles. The first-order valence-corrected chi connectivity index (χ1v) is 15.1. The number of ether oxygens (including phenoxy) is 1. The monoisotopic (exact) mass is 528 g/mol. The molecule has 1 heterocycles. The Morgan fingerprint density at radius 1 is 1.05 bits per heavy atom. The lowest BCUT2D eigenvalue weighted by atomic mass is 10.0. The van der Waals surface area contributed by atoms with Gasteiger partial charge < -0.3 is 15.4 Å². The highest BCUT2D eigenvalue weighted by molar-refractivity contribution is 6.88. The Hall–Kier alpha value is -3.70. The van der Waals surface area contributed by atoms with Gasteiger partial charge in [-0.3, -0.25) is 14.4 Å². The van der Waals surface area contributed by atoms with Crippen molar-refractivity contribution >= 4 is 30.8 Å². The number of hydrogen-bond donors (Lipinski definition) is 2. The molecule has 3 aromatic rings. The van der Waals surface area contributed by atoms with E-state index in [9.17, 15) is 23.2 Å². The number of amides is 2. The maximum absolute atomic E-state index is 14.7. The zero-order valence-corrected chi connectivity index (χ0v) is 22.4. The molecule has 3 rings (SSSR count). The molecule has 0 radical (unpaired) electrons. The first kappa shape index (κ1) is 27.9. The van der Waals surface area contributed by atoms with Crippen LogP contribution in [0.3, 0.4) is 0 Å². The highest BCUT2D eigenvalue weighted by Crippen LogP contribution is 2.20. The van der Waals surface area contributed by atoms with Gasteiger partial charge in [0.15, 0.2) is 0 Å². The number of halogens is 2. The molecule has 37 heavy (non-hydrogen) atoms. The average molecular weight is 529 g/mol. The van der Waals surface area contributed by atoms with E-state index in [2.05, 4.69) is 15.7 Å². The lowest BCUT2D eigenvalue weighted by Crippen LogP contribution is -2.43. The molecule has 196 valence electrons. The fourth-order valence-corrected chi connectivity index (χ4v) is 5.43. The fraction of sp³-hybridized carbons (Fsp3) is 0.308. The van der Waals surface area contributed by atoms with Gasteiger partial charge in [-0.1, -0.05) is 43.9 Å². The number of anilines is 1. The van der Waals surface area contributed by atoms with Crippen LogP contribution in [-0.4, -0.2) is 36.8 Å². The van der Waals surface area contributed by atoms with E-state index in [0.717, 1.165) is 22.4 Å². The third kappa shape index (κ3) is 7.17. The van der Waals surface area contributed by atoms with Crippen molar-refractivity contribution in [3.8, 4) is 0 Å². The zero-order valence-electron chi connectivity index (χ0n) is 21.4. The predicted molar refractivity (Wildman–Crippen MR) is 139 cm³/mol. The number of rotatable bonds is 9. The molecule has 0 aliphatic carbocycles. The topological polar surface area (TPSA) is 102 Å². The molecule has 11 heteroatoms. The summed E-state index contributed by atoms with van der Waals surface area (Å²) in [5.41, 5.74) is 1.27. The Morgan fingerprint density at radius 3 is 2.24 bits per heavy atom. The number of carbonyl (C=O) groups is 2. The van der Waals surface area contributed by atoms with E-state index in [4.69, 9.17) is 4.74 Å². The molecule has 2 N–H and O–H groups in total. The van der Waals surface area contributed by atoms with Gasteiger partial charge in [0.25, 0.3) is 11.5 Å². The Bertz CT molecular complexity index is 1330. The molecular formula is C26H30F2N4O4Si. The molecule has 0 fully saturated rings. The third-order valence-corrected chi connectivity index (χ3v) is 7.52. The van der Waals surface area contributed by atoms with E-state index in [0.29, 0.717) is 17.9 Å². The summed E-state index contributed by atoms with van der Waals surface area (Å²) < 4.78 is 35.6. The number of nitrogens with one attached hydrogen (secondary N) is 2. The van der Waals surface area contributed by atoms with Crippen LogP contribution in [-0.2, 0) is 27.5 Å². The Balaban J connectivity index is 1.89. The standard InChI is InChI=1S/C26H30F2N4O4Si/c1-16-6-11-23(34)32(31-16)14-22(33)30-24(18-9-7-17(8-10-18)15-36-2)26(35)29-19-12-20(27)25(21(28)13-19)37(3,4)5/h6-13,24H,14-15H2,1-5H3,(H,29,35)(H,30,33). The van der Waals surface area contributed by atoms with Gasteiger partial charge in [0.05, 0.1) is 20.4 Å². The summed E-state index contributed by atoms with van der Waals surface area (Å²) in [5, 5.41) is 9.18. The van der Waals surface area contributed by atoms with Crippen LogP contribution in [0.25, 0.3) is 0 Å². The van der Waals surface area contributed by atoms with E-state index in [-0.39, 0.29) is 10.9 Å². The van der Waals surface area contributed by atoms with Gasteiger partial charge in [0.2, 0.25) is 5.91 Å². The number of benzene rings is 2. The molecule has 0 bridgehead atoms. The number of hydrogen-bond acceptors (Lipinski definition) is 5. The molecule has 8 nitrogen and oxygen atoms in total. The third-order valence-electron chi connectivity index (χ3n) is 5.54. The second-order valence-electron chi connectivity index (χ2n) is 9.70. The second-order valence-corrected chi connectivity index (χ2v) is 14.7. The van der Waals surface area contributed by atoms with Crippen LogP contribution in [0.2, 0.25) is 19.6 Å². The van der Waals surface area contributed by atoms with E-state index in [1.54, 1.807) is 38.3 Å². The number of nitrogens with zero attached hydrogens (tertiary/aromatic N) is 2. The lowest BCUT2D eigenvalue weighted by molar-refractivity contribution is -0.127. The molecule has 0 aliphatic rings. The van der Waals surface area contributed by atoms with E-state index in [1.807, 2.05) is 19.6 Å². The minimum absolute atomic E-state index is 0.0418. The summed E-state index contributed by atoms with van der Waals surface area (Å²) in [6.07, 6.45) is 0. The fourth-order valence-electron chi connectivity index (χ4n) is 3.86. The first-order valence-electron chi connectivity index (χ1n) is 11.6. The summed E-state index contributed by atoms with van der Waals surface area (Å²) in [5.74, 6) is -2.82. The molecule has 1 atom stereocenters. The minimum atomic E-state index is -2.30. The number of aryl methyl sites for hydroxylation is 1. The Morgan fingerprint density at radius 2 is 1.68 bits per heavy atom. The van der Waals surface area contributed by atoms with Crippen LogP contribution in [0.4, 0.5) is 14.5 Å². The maximum atomic E-state index is 14.7. The van der Waals surface area contributed by atoms with Crippen LogP contribution in [0.5, 0.6) is 0 Å². The van der Waals surface area contributed by atoms with Crippen molar-refractivity contribution < 1.29 is 23.1 Å². The quantitative estimate of drug-likeness (QED) is 0.416. The van der Waals surface area contributed by atoms with Crippen molar-refractivity contribution in [2.45, 2.75) is 45.8 Å². The molecule has 1 unspecified atom stereocenters. The first-order chi connectivity index (χ1) is 17.4. The lowest BCUT2D eigenvalue weighted by Gasteiger charge is -2.21. The average Bonchev–Trinajstić information content (AvgIpc) is 2.79. The smallest absolute Gasteiger partial charge is 0.267 e. The summed E-state index contributed by atoms with van der Waals surface area (Å²) in [6, 6.07) is 10.5. The van der Waals surface area contributed by atoms with Gasteiger partial charge in [-0.05, 0) is 36.2 Å². The van der Waals surface area contributed by atoms with Crippen molar-refractivity contribution in [1.82, 2.24) is 15.1 Å².